The fourth-order valence-electron chi connectivity index (χ4n) is 8.58. The molecular weight excluding hydrogens is 499 g/mol. The van der Waals surface area contributed by atoms with Crippen molar-refractivity contribution in [2.75, 3.05) is 0 Å². The molecule has 4 rings (SSSR count). The SMILES string of the molecule is CC(C)(O)CC[C@@H](OP(=O)(O)O)[C@@](C)(O)[C@H]1CC[C@@]2(O)C3=CC(=O)C4C[C@@H](O)CC[C@]4(C)C3CC[C@]12C. The summed E-state index contributed by atoms with van der Waals surface area (Å²) in [5.74, 6) is -0.921. The van der Waals surface area contributed by atoms with Crippen molar-refractivity contribution >= 4 is 13.6 Å². The van der Waals surface area contributed by atoms with Gasteiger partial charge in [0, 0.05) is 11.3 Å². The first-order chi connectivity index (χ1) is 16.7. The van der Waals surface area contributed by atoms with E-state index in [-0.39, 0.29) is 35.9 Å². The number of phosphoric acid groups is 1. The van der Waals surface area contributed by atoms with Crippen LogP contribution in [0.25, 0.3) is 0 Å². The van der Waals surface area contributed by atoms with Gasteiger partial charge in [-0.05, 0) is 107 Å². The van der Waals surface area contributed by atoms with Crippen LogP contribution in [0.5, 0.6) is 0 Å². The molecule has 10 heteroatoms. The number of ketones is 1. The van der Waals surface area contributed by atoms with E-state index >= 15 is 0 Å². The number of aliphatic hydroxyl groups is 4. The standard InChI is InChI=1S/C27H45O9P/c1-23(2,30)10-9-22(36-37(33,34)35)26(5,31)21-8-13-27(32)18-15-20(29)19-14-16(28)6-11-24(19,3)17(18)7-12-25(21,27)4/h15-17,19,21-22,28,30-32H,6-14H2,1-5H3,(H2,33,34,35)/t16-,17?,19?,21-,22+,24+,25+,26-,27+/m0/s1. The minimum absolute atomic E-state index is 0.0122. The highest BCUT2D eigenvalue weighted by Gasteiger charge is 2.69. The molecular formula is C27H45O9P. The number of carbonyl (C=O) groups excluding carboxylic acids is 1. The number of hydrogen-bond acceptors (Lipinski definition) is 7. The molecule has 9 atom stereocenters. The van der Waals surface area contributed by atoms with Crippen molar-refractivity contribution < 1.29 is 44.1 Å². The van der Waals surface area contributed by atoms with E-state index in [0.717, 1.165) is 0 Å². The molecule has 4 aliphatic rings. The number of hydrogen-bond donors (Lipinski definition) is 6. The Bertz CT molecular complexity index is 996. The van der Waals surface area contributed by atoms with Crippen LogP contribution in [-0.4, -0.2) is 65.0 Å². The molecule has 212 valence electrons. The lowest BCUT2D eigenvalue weighted by atomic mass is 9.46. The molecule has 3 saturated carbocycles. The lowest BCUT2D eigenvalue weighted by Crippen LogP contribution is -2.62. The molecule has 3 fully saturated rings. The van der Waals surface area contributed by atoms with Crippen LogP contribution in [0.4, 0.5) is 0 Å². The van der Waals surface area contributed by atoms with Gasteiger partial charge in [-0.3, -0.25) is 9.32 Å². The first-order valence-electron chi connectivity index (χ1n) is 13.6. The zero-order chi connectivity index (χ0) is 27.8. The summed E-state index contributed by atoms with van der Waals surface area (Å²) in [6.07, 6.45) is 3.74. The Balaban J connectivity index is 1.70. The molecule has 4 aliphatic carbocycles. The Kier molecular flexibility index (Phi) is 7.30. The molecule has 0 aliphatic heterocycles. The molecule has 0 spiro atoms. The Morgan fingerprint density at radius 3 is 2.32 bits per heavy atom. The van der Waals surface area contributed by atoms with Crippen LogP contribution in [-0.2, 0) is 13.9 Å². The Morgan fingerprint density at radius 1 is 1.08 bits per heavy atom. The lowest BCUT2D eigenvalue weighted by molar-refractivity contribution is -0.170. The normalized spacial score (nSPS) is 42.8. The van der Waals surface area contributed by atoms with E-state index in [4.69, 9.17) is 4.52 Å². The van der Waals surface area contributed by atoms with E-state index in [1.54, 1.807) is 19.9 Å². The van der Waals surface area contributed by atoms with E-state index in [1.807, 2.05) is 6.92 Å². The Labute approximate surface area is 219 Å². The van der Waals surface area contributed by atoms with Crippen molar-refractivity contribution in [3.05, 3.63) is 11.6 Å². The van der Waals surface area contributed by atoms with E-state index < -0.39 is 48.2 Å². The summed E-state index contributed by atoms with van der Waals surface area (Å²) < 4.78 is 17.0. The first-order valence-corrected chi connectivity index (χ1v) is 15.1. The second-order valence-electron chi connectivity index (χ2n) is 13.6. The topological polar surface area (TPSA) is 165 Å². The number of allylic oxidation sites excluding steroid dienone is 1. The third-order valence-electron chi connectivity index (χ3n) is 10.7. The molecule has 0 bridgehead atoms. The van der Waals surface area contributed by atoms with Crippen LogP contribution in [0.2, 0.25) is 0 Å². The van der Waals surface area contributed by atoms with Gasteiger partial charge in [0.25, 0.3) is 0 Å². The highest BCUT2D eigenvalue weighted by atomic mass is 31.2. The van der Waals surface area contributed by atoms with Gasteiger partial charge in [-0.1, -0.05) is 13.8 Å². The Morgan fingerprint density at radius 2 is 1.73 bits per heavy atom. The van der Waals surface area contributed by atoms with Crippen LogP contribution < -0.4 is 0 Å². The van der Waals surface area contributed by atoms with Gasteiger partial charge < -0.3 is 30.2 Å². The third-order valence-corrected chi connectivity index (χ3v) is 11.2. The zero-order valence-electron chi connectivity index (χ0n) is 22.7. The quantitative estimate of drug-likeness (QED) is 0.264. The van der Waals surface area contributed by atoms with Crippen molar-refractivity contribution in [2.45, 2.75) is 121 Å². The van der Waals surface area contributed by atoms with E-state index in [1.165, 1.54) is 6.92 Å². The summed E-state index contributed by atoms with van der Waals surface area (Å²) in [6.45, 7) is 8.68. The minimum Gasteiger partial charge on any atom is -0.393 e. The van der Waals surface area contributed by atoms with Gasteiger partial charge in [0.1, 0.15) is 0 Å². The summed E-state index contributed by atoms with van der Waals surface area (Å²) in [7, 11) is -4.96. The maximum Gasteiger partial charge on any atom is 0.469 e. The fourth-order valence-corrected chi connectivity index (χ4v) is 9.23. The van der Waals surface area contributed by atoms with Crippen molar-refractivity contribution in [1.29, 1.82) is 0 Å². The van der Waals surface area contributed by atoms with E-state index in [2.05, 4.69) is 6.92 Å². The number of rotatable bonds is 7. The number of fused-ring (bicyclic) bond motifs is 5. The molecule has 2 unspecified atom stereocenters. The van der Waals surface area contributed by atoms with Gasteiger partial charge in [0.15, 0.2) is 5.78 Å². The summed E-state index contributed by atoms with van der Waals surface area (Å²) in [4.78, 5) is 32.5. The summed E-state index contributed by atoms with van der Waals surface area (Å²) in [5, 5.41) is 44.7. The number of aliphatic hydroxyl groups excluding tert-OH is 1. The molecule has 9 nitrogen and oxygen atoms in total. The molecule has 0 aromatic heterocycles. The van der Waals surface area contributed by atoms with Crippen molar-refractivity contribution in [3.8, 4) is 0 Å². The van der Waals surface area contributed by atoms with Crippen LogP contribution in [0, 0.1) is 28.6 Å². The first kappa shape index (κ1) is 29.3. The van der Waals surface area contributed by atoms with Gasteiger partial charge in [0.05, 0.1) is 29.0 Å². The minimum atomic E-state index is -4.96. The molecule has 6 N–H and O–H groups in total. The molecule has 0 radical (unpaired) electrons. The summed E-state index contributed by atoms with van der Waals surface area (Å²) >= 11 is 0. The fraction of sp³-hybridized carbons (Fsp3) is 0.889. The smallest absolute Gasteiger partial charge is 0.393 e. The van der Waals surface area contributed by atoms with Gasteiger partial charge in [-0.15, -0.1) is 0 Å². The Hall–Kier alpha value is -0.640. The van der Waals surface area contributed by atoms with Crippen LogP contribution in [0.3, 0.4) is 0 Å². The second kappa shape index (κ2) is 9.20. The number of phosphoric ester groups is 1. The second-order valence-corrected chi connectivity index (χ2v) is 14.8. The summed E-state index contributed by atoms with van der Waals surface area (Å²) in [6, 6.07) is 0. The maximum absolute atomic E-state index is 13.3. The van der Waals surface area contributed by atoms with Gasteiger partial charge in [0.2, 0.25) is 0 Å². The van der Waals surface area contributed by atoms with E-state index in [9.17, 15) is 39.6 Å². The average molecular weight is 545 g/mol. The summed E-state index contributed by atoms with van der Waals surface area (Å²) in [5.41, 5.74) is -4.70. The molecule has 0 amide bonds. The third kappa shape index (κ3) is 4.93. The molecule has 0 aromatic rings. The highest BCUT2D eigenvalue weighted by Crippen LogP contribution is 2.69. The molecule has 0 saturated heterocycles. The highest BCUT2D eigenvalue weighted by molar-refractivity contribution is 7.46. The van der Waals surface area contributed by atoms with Crippen LogP contribution in [0.15, 0.2) is 11.6 Å². The molecule has 0 aromatic carbocycles. The zero-order valence-corrected chi connectivity index (χ0v) is 23.6. The van der Waals surface area contributed by atoms with Crippen LogP contribution in [0.1, 0.15) is 92.4 Å². The van der Waals surface area contributed by atoms with Gasteiger partial charge in [-0.25, -0.2) is 4.57 Å². The average Bonchev–Trinajstić information content (AvgIpc) is 3.03. The maximum atomic E-state index is 13.3. The lowest BCUT2D eigenvalue weighted by Gasteiger charge is -2.60. The van der Waals surface area contributed by atoms with Crippen molar-refractivity contribution in [2.24, 2.45) is 28.6 Å². The van der Waals surface area contributed by atoms with Gasteiger partial charge in [-0.2, -0.15) is 0 Å². The van der Waals surface area contributed by atoms with E-state index in [0.29, 0.717) is 50.5 Å². The van der Waals surface area contributed by atoms with Gasteiger partial charge >= 0.3 is 7.82 Å². The number of carbonyl (C=O) groups is 1. The predicted octanol–water partition coefficient (Wildman–Crippen LogP) is 3.00. The van der Waals surface area contributed by atoms with Crippen LogP contribution >= 0.6 is 7.82 Å². The largest absolute Gasteiger partial charge is 0.469 e. The molecule has 0 heterocycles. The van der Waals surface area contributed by atoms with Crippen molar-refractivity contribution in [1.82, 2.24) is 0 Å². The molecule has 37 heavy (non-hydrogen) atoms. The van der Waals surface area contributed by atoms with Crippen molar-refractivity contribution in [3.63, 3.8) is 0 Å². The monoisotopic (exact) mass is 544 g/mol. The predicted molar refractivity (Wildman–Crippen MR) is 136 cm³/mol.